The van der Waals surface area contributed by atoms with Crippen molar-refractivity contribution in [1.82, 2.24) is 14.1 Å². The van der Waals surface area contributed by atoms with Crippen LogP contribution in [0.1, 0.15) is 40.0 Å². The van der Waals surface area contributed by atoms with Crippen molar-refractivity contribution >= 4 is 21.7 Å². The third kappa shape index (κ3) is 4.31. The van der Waals surface area contributed by atoms with Crippen molar-refractivity contribution in [1.29, 1.82) is 0 Å². The molecule has 1 aliphatic rings. The average Bonchev–Trinajstić information content (AvgIpc) is 3.38. The third-order valence-electron chi connectivity index (χ3n) is 5.40. The Morgan fingerprint density at radius 2 is 1.66 bits per heavy atom. The molecule has 1 aliphatic heterocycles. The lowest BCUT2D eigenvalue weighted by Crippen LogP contribution is -2.29. The maximum atomic E-state index is 14.4. The Balaban J connectivity index is 1.66. The molecule has 1 amide bonds. The first-order valence-electron chi connectivity index (χ1n) is 10.4. The number of rotatable bonds is 5. The molecule has 1 saturated heterocycles. The second-order valence-electron chi connectivity index (χ2n) is 8.14. The van der Waals surface area contributed by atoms with Crippen LogP contribution in [0.5, 0.6) is 0 Å². The first-order valence-corrected chi connectivity index (χ1v) is 11.9. The number of nitrogens with one attached hydrogen (secondary N) is 1. The Kier molecular flexibility index (Phi) is 5.87. The summed E-state index contributed by atoms with van der Waals surface area (Å²) in [5.74, 6) is -0.983. The monoisotopic (exact) mass is 456 g/mol. The van der Waals surface area contributed by atoms with Crippen molar-refractivity contribution in [2.24, 2.45) is 0 Å². The molecule has 168 valence electrons. The van der Waals surface area contributed by atoms with Gasteiger partial charge >= 0.3 is 0 Å². The summed E-state index contributed by atoms with van der Waals surface area (Å²) in [5, 5.41) is 7.26. The van der Waals surface area contributed by atoms with E-state index in [1.807, 2.05) is 39.0 Å². The van der Waals surface area contributed by atoms with E-state index in [2.05, 4.69) is 10.4 Å². The Hall–Kier alpha value is -3.04. The second-order valence-corrected chi connectivity index (χ2v) is 10.0. The van der Waals surface area contributed by atoms with Gasteiger partial charge in [-0.1, -0.05) is 6.07 Å². The SMILES string of the molecule is Cc1cc(C)cc(-n2nc(C)cc2NC(=O)c2ccc(F)c(S(=O)(=O)N3CCCC3)c2)c1. The van der Waals surface area contributed by atoms with Crippen LogP contribution in [0.4, 0.5) is 10.2 Å². The largest absolute Gasteiger partial charge is 0.306 e. The molecule has 0 unspecified atom stereocenters. The number of sulfonamides is 1. The normalized spacial score (nSPS) is 14.6. The van der Waals surface area contributed by atoms with Crippen molar-refractivity contribution in [2.75, 3.05) is 18.4 Å². The summed E-state index contributed by atoms with van der Waals surface area (Å²) in [4.78, 5) is 12.5. The van der Waals surface area contributed by atoms with Crippen molar-refractivity contribution in [2.45, 2.75) is 38.5 Å². The van der Waals surface area contributed by atoms with Gasteiger partial charge in [-0.3, -0.25) is 4.79 Å². The summed E-state index contributed by atoms with van der Waals surface area (Å²) in [7, 11) is -3.99. The van der Waals surface area contributed by atoms with Gasteiger partial charge in [0.15, 0.2) is 0 Å². The van der Waals surface area contributed by atoms with E-state index in [0.29, 0.717) is 24.6 Å². The molecule has 2 heterocycles. The summed E-state index contributed by atoms with van der Waals surface area (Å²) < 4.78 is 43.0. The van der Waals surface area contributed by atoms with E-state index >= 15 is 0 Å². The number of amides is 1. The average molecular weight is 457 g/mol. The minimum Gasteiger partial charge on any atom is -0.306 e. The summed E-state index contributed by atoms with van der Waals surface area (Å²) in [6.45, 7) is 6.48. The van der Waals surface area contributed by atoms with Gasteiger partial charge in [-0.25, -0.2) is 17.5 Å². The van der Waals surface area contributed by atoms with E-state index < -0.39 is 26.6 Å². The number of anilines is 1. The van der Waals surface area contributed by atoms with Crippen LogP contribution in [-0.2, 0) is 10.0 Å². The Morgan fingerprint density at radius 3 is 2.31 bits per heavy atom. The van der Waals surface area contributed by atoms with E-state index in [-0.39, 0.29) is 5.56 Å². The van der Waals surface area contributed by atoms with Crippen molar-refractivity contribution in [3.8, 4) is 5.69 Å². The molecule has 3 aromatic rings. The van der Waals surface area contributed by atoms with Gasteiger partial charge in [0.1, 0.15) is 16.5 Å². The van der Waals surface area contributed by atoms with Crippen LogP contribution < -0.4 is 5.32 Å². The second kappa shape index (κ2) is 8.48. The molecule has 32 heavy (non-hydrogen) atoms. The van der Waals surface area contributed by atoms with Crippen LogP contribution in [0, 0.1) is 26.6 Å². The van der Waals surface area contributed by atoms with Crippen LogP contribution in [0.25, 0.3) is 5.69 Å². The fourth-order valence-corrected chi connectivity index (χ4v) is 5.56. The number of benzene rings is 2. The number of nitrogens with zero attached hydrogens (tertiary/aromatic N) is 3. The van der Waals surface area contributed by atoms with Crippen molar-refractivity contribution in [3.63, 3.8) is 0 Å². The van der Waals surface area contributed by atoms with E-state index in [1.54, 1.807) is 10.7 Å². The van der Waals surface area contributed by atoms with Crippen LogP contribution in [0.2, 0.25) is 0 Å². The highest BCUT2D eigenvalue weighted by Crippen LogP contribution is 2.25. The molecule has 0 radical (unpaired) electrons. The van der Waals surface area contributed by atoms with E-state index in [9.17, 15) is 17.6 Å². The molecule has 4 rings (SSSR count). The zero-order chi connectivity index (χ0) is 23.0. The standard InChI is InChI=1S/C23H25FN4O3S/c1-15-10-16(2)12-19(11-15)28-22(13-17(3)26-28)25-23(29)18-6-7-20(24)21(14-18)32(30,31)27-8-4-5-9-27/h6-7,10-14H,4-5,8-9H2,1-3H3,(H,25,29). The lowest BCUT2D eigenvalue weighted by molar-refractivity contribution is 0.102. The van der Waals surface area contributed by atoms with Crippen LogP contribution >= 0.6 is 0 Å². The zero-order valence-corrected chi connectivity index (χ0v) is 19.0. The quantitative estimate of drug-likeness (QED) is 0.630. The molecule has 0 bridgehead atoms. The van der Waals surface area contributed by atoms with Gasteiger partial charge in [0.25, 0.3) is 5.91 Å². The van der Waals surface area contributed by atoms with Gasteiger partial charge in [-0.05, 0) is 75.1 Å². The van der Waals surface area contributed by atoms with Crippen LogP contribution in [0.3, 0.4) is 0 Å². The van der Waals surface area contributed by atoms with Gasteiger partial charge in [-0.2, -0.15) is 9.40 Å². The first-order chi connectivity index (χ1) is 15.1. The number of aryl methyl sites for hydroxylation is 3. The highest BCUT2D eigenvalue weighted by atomic mass is 32.2. The van der Waals surface area contributed by atoms with Gasteiger partial charge in [0.05, 0.1) is 11.4 Å². The summed E-state index contributed by atoms with van der Waals surface area (Å²) in [5.41, 5.74) is 3.66. The predicted octanol–water partition coefficient (Wildman–Crippen LogP) is 3.97. The molecule has 0 atom stereocenters. The maximum Gasteiger partial charge on any atom is 0.256 e. The van der Waals surface area contributed by atoms with E-state index in [1.165, 1.54) is 10.4 Å². The molecule has 0 aliphatic carbocycles. The lowest BCUT2D eigenvalue weighted by atomic mass is 10.1. The molecule has 1 N–H and O–H groups in total. The summed E-state index contributed by atoms with van der Waals surface area (Å²) in [6.07, 6.45) is 1.48. The molecule has 7 nitrogen and oxygen atoms in total. The number of halogens is 1. The number of aromatic nitrogens is 2. The number of carbonyl (C=O) groups excluding carboxylic acids is 1. The van der Waals surface area contributed by atoms with E-state index in [4.69, 9.17) is 0 Å². The molecule has 2 aromatic carbocycles. The van der Waals surface area contributed by atoms with Crippen molar-refractivity contribution < 1.29 is 17.6 Å². The Labute approximate surface area is 186 Å². The number of hydrogen-bond acceptors (Lipinski definition) is 4. The first kappa shape index (κ1) is 22.2. The van der Waals surface area contributed by atoms with Crippen molar-refractivity contribution in [3.05, 3.63) is 70.7 Å². The van der Waals surface area contributed by atoms with E-state index in [0.717, 1.165) is 41.8 Å². The minimum atomic E-state index is -3.99. The van der Waals surface area contributed by atoms with Crippen LogP contribution in [-0.4, -0.2) is 41.5 Å². The molecule has 1 aromatic heterocycles. The molecule has 1 fully saturated rings. The Morgan fingerprint density at radius 1 is 1.00 bits per heavy atom. The smallest absolute Gasteiger partial charge is 0.256 e. The highest BCUT2D eigenvalue weighted by molar-refractivity contribution is 7.89. The fraction of sp³-hybridized carbons (Fsp3) is 0.304. The highest BCUT2D eigenvalue weighted by Gasteiger charge is 2.30. The van der Waals surface area contributed by atoms with Gasteiger partial charge in [0, 0.05) is 24.7 Å². The summed E-state index contributed by atoms with van der Waals surface area (Å²) in [6, 6.07) is 11.1. The third-order valence-corrected chi connectivity index (χ3v) is 7.31. The van der Waals surface area contributed by atoms with Gasteiger partial charge in [-0.15, -0.1) is 0 Å². The zero-order valence-electron chi connectivity index (χ0n) is 18.2. The number of carbonyl (C=O) groups is 1. The molecule has 0 saturated carbocycles. The topological polar surface area (TPSA) is 84.3 Å². The van der Waals surface area contributed by atoms with Gasteiger partial charge < -0.3 is 5.32 Å². The molecule has 0 spiro atoms. The number of hydrogen-bond donors (Lipinski definition) is 1. The predicted molar refractivity (Wildman–Crippen MR) is 120 cm³/mol. The van der Waals surface area contributed by atoms with Gasteiger partial charge in [0.2, 0.25) is 10.0 Å². The minimum absolute atomic E-state index is 0.0509. The maximum absolute atomic E-state index is 14.4. The lowest BCUT2D eigenvalue weighted by Gasteiger charge is -2.16. The molecular weight excluding hydrogens is 431 g/mol. The van der Waals surface area contributed by atoms with Crippen LogP contribution in [0.15, 0.2) is 47.4 Å². The Bertz CT molecular complexity index is 1270. The molecule has 9 heteroatoms. The summed E-state index contributed by atoms with van der Waals surface area (Å²) >= 11 is 0. The molecular formula is C23H25FN4O3S. The fourth-order valence-electron chi connectivity index (χ4n) is 3.96.